The summed E-state index contributed by atoms with van der Waals surface area (Å²) in [5.74, 6) is 0.142. The van der Waals surface area contributed by atoms with Gasteiger partial charge in [0.25, 0.3) is 5.89 Å². The molecule has 2 heterocycles. The van der Waals surface area contributed by atoms with E-state index in [0.29, 0.717) is 24.6 Å². The molecule has 0 amide bonds. The molecule has 0 saturated heterocycles. The monoisotopic (exact) mass is 316 g/mol. The van der Waals surface area contributed by atoms with Gasteiger partial charge in [-0.25, -0.2) is 0 Å². The molecule has 0 aliphatic rings. The molecular formula is C10H9BrN2O3S. The van der Waals surface area contributed by atoms with Gasteiger partial charge in [-0.05, 0) is 34.5 Å². The molecule has 1 N–H and O–H groups in total. The van der Waals surface area contributed by atoms with Crippen LogP contribution in [-0.2, 0) is 11.2 Å². The molecule has 0 spiro atoms. The van der Waals surface area contributed by atoms with Gasteiger partial charge in [-0.3, -0.25) is 4.79 Å². The average molecular weight is 317 g/mol. The van der Waals surface area contributed by atoms with E-state index >= 15 is 0 Å². The molecule has 2 aromatic heterocycles. The summed E-state index contributed by atoms with van der Waals surface area (Å²) in [6.07, 6.45) is 1.11. The minimum atomic E-state index is -0.813. The van der Waals surface area contributed by atoms with Crippen LogP contribution in [0.1, 0.15) is 18.7 Å². The van der Waals surface area contributed by atoms with Gasteiger partial charge in [0, 0.05) is 12.8 Å². The Morgan fingerprint density at radius 1 is 1.47 bits per heavy atom. The highest BCUT2D eigenvalue weighted by atomic mass is 79.9. The van der Waals surface area contributed by atoms with Crippen LogP contribution in [-0.4, -0.2) is 21.3 Å². The van der Waals surface area contributed by atoms with E-state index in [2.05, 4.69) is 26.1 Å². The summed E-state index contributed by atoms with van der Waals surface area (Å²) in [6.45, 7) is 0. The first kappa shape index (κ1) is 12.3. The molecule has 2 rings (SSSR count). The number of hydrogen-bond acceptors (Lipinski definition) is 5. The van der Waals surface area contributed by atoms with Crippen LogP contribution in [0.2, 0.25) is 0 Å². The number of hydrogen-bond donors (Lipinski definition) is 1. The molecule has 0 fully saturated rings. The number of thiophene rings is 1. The fourth-order valence-electron chi connectivity index (χ4n) is 1.27. The Hall–Kier alpha value is -1.21. The first-order valence-corrected chi connectivity index (χ1v) is 6.56. The highest BCUT2D eigenvalue weighted by Crippen LogP contribution is 2.30. The quantitative estimate of drug-likeness (QED) is 0.917. The van der Waals surface area contributed by atoms with Gasteiger partial charge < -0.3 is 9.52 Å². The normalized spacial score (nSPS) is 10.6. The number of carbonyl (C=O) groups is 1. The molecule has 0 aliphatic carbocycles. The number of aryl methyl sites for hydroxylation is 1. The summed E-state index contributed by atoms with van der Waals surface area (Å²) in [5.41, 5.74) is 0. The lowest BCUT2D eigenvalue weighted by molar-refractivity contribution is -0.137. The van der Waals surface area contributed by atoms with Crippen LogP contribution in [0.15, 0.2) is 20.3 Å². The summed E-state index contributed by atoms with van der Waals surface area (Å²) in [6, 6.07) is 3.80. The van der Waals surface area contributed by atoms with Crippen LogP contribution in [0.25, 0.3) is 10.8 Å². The van der Waals surface area contributed by atoms with Crippen LogP contribution in [0.5, 0.6) is 0 Å². The Morgan fingerprint density at radius 3 is 2.94 bits per heavy atom. The second-order valence-electron chi connectivity index (χ2n) is 3.35. The zero-order chi connectivity index (χ0) is 12.3. The topological polar surface area (TPSA) is 76.2 Å². The lowest BCUT2D eigenvalue weighted by atomic mass is 10.2. The number of aromatic nitrogens is 2. The van der Waals surface area contributed by atoms with Crippen LogP contribution in [0, 0.1) is 0 Å². The maximum Gasteiger partial charge on any atom is 0.303 e. The summed E-state index contributed by atoms with van der Waals surface area (Å²) in [5, 5.41) is 16.3. The van der Waals surface area contributed by atoms with E-state index in [-0.39, 0.29) is 6.42 Å². The smallest absolute Gasteiger partial charge is 0.303 e. The molecule has 90 valence electrons. The largest absolute Gasteiger partial charge is 0.481 e. The third-order valence-corrected chi connectivity index (χ3v) is 3.64. The fraction of sp³-hybridized carbons (Fsp3) is 0.300. The van der Waals surface area contributed by atoms with Crippen molar-refractivity contribution in [2.24, 2.45) is 0 Å². The molecule has 0 aliphatic heterocycles. The molecule has 0 radical (unpaired) electrons. The molecule has 2 aromatic rings. The second kappa shape index (κ2) is 5.42. The van der Waals surface area contributed by atoms with Crippen molar-refractivity contribution in [1.29, 1.82) is 0 Å². The van der Waals surface area contributed by atoms with E-state index < -0.39 is 5.97 Å². The molecule has 0 atom stereocenters. The van der Waals surface area contributed by atoms with E-state index in [1.165, 1.54) is 11.3 Å². The van der Waals surface area contributed by atoms with E-state index in [4.69, 9.17) is 9.52 Å². The standard InChI is InChI=1S/C10H9BrN2O3S/c11-7-5-4-6(17-7)10-13-12-8(16-10)2-1-3-9(14)15/h4-5H,1-3H2,(H,14,15). The number of aliphatic carboxylic acids is 1. The van der Waals surface area contributed by atoms with Crippen molar-refractivity contribution >= 4 is 33.2 Å². The highest BCUT2D eigenvalue weighted by Gasteiger charge is 2.10. The van der Waals surface area contributed by atoms with Gasteiger partial charge in [0.05, 0.1) is 8.66 Å². The van der Waals surface area contributed by atoms with Gasteiger partial charge in [-0.2, -0.15) is 0 Å². The third kappa shape index (κ3) is 3.37. The Balaban J connectivity index is 1.98. The first-order valence-electron chi connectivity index (χ1n) is 4.95. The van der Waals surface area contributed by atoms with E-state index in [0.717, 1.165) is 8.66 Å². The highest BCUT2D eigenvalue weighted by molar-refractivity contribution is 9.11. The zero-order valence-corrected chi connectivity index (χ0v) is 11.1. The molecule has 0 saturated carbocycles. The average Bonchev–Trinajstić information content (AvgIpc) is 2.86. The second-order valence-corrected chi connectivity index (χ2v) is 5.82. The Kier molecular flexibility index (Phi) is 3.90. The Labute approximate surface area is 110 Å². The van der Waals surface area contributed by atoms with Crippen LogP contribution >= 0.6 is 27.3 Å². The van der Waals surface area contributed by atoms with E-state index in [9.17, 15) is 4.79 Å². The van der Waals surface area contributed by atoms with Gasteiger partial charge in [-0.1, -0.05) is 0 Å². The number of nitrogens with zero attached hydrogens (tertiary/aromatic N) is 2. The van der Waals surface area contributed by atoms with Gasteiger partial charge >= 0.3 is 5.97 Å². The van der Waals surface area contributed by atoms with Crippen molar-refractivity contribution in [1.82, 2.24) is 10.2 Å². The zero-order valence-electron chi connectivity index (χ0n) is 8.72. The Bertz CT molecular complexity index is 523. The van der Waals surface area contributed by atoms with Crippen molar-refractivity contribution in [2.75, 3.05) is 0 Å². The minimum Gasteiger partial charge on any atom is -0.481 e. The maximum atomic E-state index is 10.3. The maximum absolute atomic E-state index is 10.3. The first-order chi connectivity index (χ1) is 8.15. The molecule has 0 unspecified atom stereocenters. The van der Waals surface area contributed by atoms with E-state index in [1.54, 1.807) is 0 Å². The van der Waals surface area contributed by atoms with Crippen molar-refractivity contribution in [3.63, 3.8) is 0 Å². The predicted molar refractivity (Wildman–Crippen MR) is 65.9 cm³/mol. The number of halogens is 1. The summed E-state index contributed by atoms with van der Waals surface area (Å²) >= 11 is 4.87. The predicted octanol–water partition coefficient (Wildman–Crippen LogP) is 2.97. The summed E-state index contributed by atoms with van der Waals surface area (Å²) < 4.78 is 6.44. The molecule has 0 bridgehead atoms. The SMILES string of the molecule is O=C(O)CCCc1nnc(-c2ccc(Br)s2)o1. The Morgan fingerprint density at radius 2 is 2.29 bits per heavy atom. The molecule has 5 nitrogen and oxygen atoms in total. The molecule has 0 aromatic carbocycles. The van der Waals surface area contributed by atoms with Crippen molar-refractivity contribution in [3.8, 4) is 10.8 Å². The van der Waals surface area contributed by atoms with Gasteiger partial charge in [0.1, 0.15) is 0 Å². The van der Waals surface area contributed by atoms with Gasteiger partial charge in [0.15, 0.2) is 0 Å². The number of carboxylic acids is 1. The lowest BCUT2D eigenvalue weighted by Gasteiger charge is -1.91. The van der Waals surface area contributed by atoms with Gasteiger partial charge in [-0.15, -0.1) is 21.5 Å². The minimum absolute atomic E-state index is 0.113. The molecule has 7 heteroatoms. The van der Waals surface area contributed by atoms with Crippen molar-refractivity contribution < 1.29 is 14.3 Å². The van der Waals surface area contributed by atoms with Crippen LogP contribution < -0.4 is 0 Å². The molecular weight excluding hydrogens is 308 g/mol. The van der Waals surface area contributed by atoms with E-state index in [1.807, 2.05) is 12.1 Å². The number of rotatable bonds is 5. The summed E-state index contributed by atoms with van der Waals surface area (Å²) in [7, 11) is 0. The third-order valence-electron chi connectivity index (χ3n) is 2.03. The van der Waals surface area contributed by atoms with Crippen molar-refractivity contribution in [2.45, 2.75) is 19.3 Å². The van der Waals surface area contributed by atoms with Crippen molar-refractivity contribution in [3.05, 3.63) is 21.8 Å². The lowest BCUT2D eigenvalue weighted by Crippen LogP contribution is -1.95. The summed E-state index contributed by atoms with van der Waals surface area (Å²) in [4.78, 5) is 11.2. The van der Waals surface area contributed by atoms with Crippen LogP contribution in [0.4, 0.5) is 0 Å². The number of carboxylic acid groups (broad SMARTS) is 1. The fourth-order valence-corrected chi connectivity index (χ4v) is 2.58. The van der Waals surface area contributed by atoms with Gasteiger partial charge in [0.2, 0.25) is 5.89 Å². The van der Waals surface area contributed by atoms with Crippen LogP contribution in [0.3, 0.4) is 0 Å². The molecule has 17 heavy (non-hydrogen) atoms.